The molecule has 0 amide bonds. The van der Waals surface area contributed by atoms with Crippen LogP contribution < -0.4 is 5.32 Å². The third-order valence-corrected chi connectivity index (χ3v) is 4.31. The second-order valence-electron chi connectivity index (χ2n) is 6.11. The third-order valence-electron chi connectivity index (χ3n) is 4.31. The van der Waals surface area contributed by atoms with Crippen LogP contribution in [0.2, 0.25) is 0 Å². The molecule has 4 rings (SSSR count). The summed E-state index contributed by atoms with van der Waals surface area (Å²) in [6.45, 7) is 2.35. The van der Waals surface area contributed by atoms with E-state index in [0.29, 0.717) is 6.54 Å². The third kappa shape index (κ3) is 3.48. The Kier molecular flexibility index (Phi) is 4.70. The number of aryl methyl sites for hydroxylation is 1. The highest BCUT2D eigenvalue weighted by Gasteiger charge is 2.08. The van der Waals surface area contributed by atoms with Gasteiger partial charge in [0.05, 0.1) is 17.4 Å². The molecular formula is C19H19FN6. The number of H-pyrrole nitrogens is 1. The molecule has 4 aromatic rings. The summed E-state index contributed by atoms with van der Waals surface area (Å²) in [6.07, 6.45) is 2.74. The Morgan fingerprint density at radius 3 is 2.81 bits per heavy atom. The van der Waals surface area contributed by atoms with E-state index in [1.807, 2.05) is 28.9 Å². The van der Waals surface area contributed by atoms with Gasteiger partial charge >= 0.3 is 0 Å². The molecule has 0 aliphatic rings. The lowest BCUT2D eigenvalue weighted by atomic mass is 10.1. The van der Waals surface area contributed by atoms with Gasteiger partial charge in [-0.3, -0.25) is 5.10 Å². The summed E-state index contributed by atoms with van der Waals surface area (Å²) in [7, 11) is 0. The molecule has 2 heterocycles. The van der Waals surface area contributed by atoms with Crippen LogP contribution in [0.4, 0.5) is 4.39 Å². The lowest BCUT2D eigenvalue weighted by Crippen LogP contribution is -2.17. The number of benzene rings is 2. The quantitative estimate of drug-likeness (QED) is 0.502. The van der Waals surface area contributed by atoms with Crippen molar-refractivity contribution in [3.8, 4) is 11.3 Å². The number of halogens is 1. The van der Waals surface area contributed by atoms with Crippen LogP contribution in [0.5, 0.6) is 0 Å². The molecule has 0 fully saturated rings. The number of fused-ring (bicyclic) bond motifs is 1. The maximum Gasteiger partial charge on any atom is 0.123 e. The van der Waals surface area contributed by atoms with Gasteiger partial charge in [-0.15, -0.1) is 5.10 Å². The highest BCUT2D eigenvalue weighted by molar-refractivity contribution is 5.73. The maximum atomic E-state index is 13.1. The van der Waals surface area contributed by atoms with E-state index in [0.717, 1.165) is 47.4 Å². The molecule has 0 radical (unpaired) electrons. The molecule has 0 aliphatic heterocycles. The zero-order valence-electron chi connectivity index (χ0n) is 14.2. The summed E-state index contributed by atoms with van der Waals surface area (Å²) in [5.74, 6) is -0.242. The number of rotatable bonds is 7. The van der Waals surface area contributed by atoms with E-state index in [1.54, 1.807) is 18.3 Å². The Morgan fingerprint density at radius 2 is 1.92 bits per heavy atom. The summed E-state index contributed by atoms with van der Waals surface area (Å²) in [5.41, 5.74) is 4.88. The molecule has 0 atom stereocenters. The van der Waals surface area contributed by atoms with Crippen molar-refractivity contribution in [1.29, 1.82) is 0 Å². The average molecular weight is 350 g/mol. The van der Waals surface area contributed by atoms with Gasteiger partial charge in [-0.2, -0.15) is 5.10 Å². The summed E-state index contributed by atoms with van der Waals surface area (Å²) < 4.78 is 15.0. The molecule has 7 heteroatoms. The van der Waals surface area contributed by atoms with Crippen molar-refractivity contribution < 1.29 is 4.39 Å². The van der Waals surface area contributed by atoms with Gasteiger partial charge in [0.15, 0.2) is 0 Å². The van der Waals surface area contributed by atoms with Crippen LogP contribution in [0.1, 0.15) is 12.0 Å². The summed E-state index contributed by atoms with van der Waals surface area (Å²) >= 11 is 0. The molecule has 2 aromatic carbocycles. The minimum absolute atomic E-state index is 0.242. The maximum absolute atomic E-state index is 13.1. The van der Waals surface area contributed by atoms with E-state index in [-0.39, 0.29) is 5.82 Å². The van der Waals surface area contributed by atoms with E-state index in [1.165, 1.54) is 12.1 Å². The summed E-state index contributed by atoms with van der Waals surface area (Å²) in [6, 6.07) is 14.4. The largest absolute Gasteiger partial charge is 0.312 e. The van der Waals surface area contributed by atoms with Crippen molar-refractivity contribution in [3.05, 3.63) is 66.1 Å². The second-order valence-corrected chi connectivity index (χ2v) is 6.11. The van der Waals surface area contributed by atoms with Gasteiger partial charge < -0.3 is 5.32 Å². The van der Waals surface area contributed by atoms with E-state index in [2.05, 4.69) is 25.8 Å². The Balaban J connectivity index is 1.30. The van der Waals surface area contributed by atoms with Crippen molar-refractivity contribution in [1.82, 2.24) is 30.5 Å². The first-order valence-corrected chi connectivity index (χ1v) is 8.58. The van der Waals surface area contributed by atoms with Crippen LogP contribution in [0.15, 0.2) is 54.7 Å². The molecule has 2 N–H and O–H groups in total. The number of hydrogen-bond acceptors (Lipinski definition) is 4. The molecular weight excluding hydrogens is 331 g/mol. The molecule has 2 aromatic heterocycles. The van der Waals surface area contributed by atoms with Crippen LogP contribution >= 0.6 is 0 Å². The molecule has 132 valence electrons. The molecule has 0 saturated carbocycles. The average Bonchev–Trinajstić information content (AvgIpc) is 3.29. The second kappa shape index (κ2) is 7.45. The van der Waals surface area contributed by atoms with Gasteiger partial charge in [0, 0.05) is 24.2 Å². The Labute approximate surface area is 150 Å². The number of aromatic amines is 1. The normalized spacial score (nSPS) is 11.3. The molecule has 0 saturated heterocycles. The van der Waals surface area contributed by atoms with E-state index < -0.39 is 0 Å². The molecule has 0 unspecified atom stereocenters. The van der Waals surface area contributed by atoms with Crippen molar-refractivity contribution in [3.63, 3.8) is 0 Å². The SMILES string of the molecule is Fc1ccc(-c2[nH]ncc2CNCCCn2nnc3ccccc32)cc1. The summed E-state index contributed by atoms with van der Waals surface area (Å²) in [4.78, 5) is 0. The Hall–Kier alpha value is -3.06. The van der Waals surface area contributed by atoms with Crippen LogP contribution in [-0.4, -0.2) is 31.7 Å². The van der Waals surface area contributed by atoms with E-state index >= 15 is 0 Å². The lowest BCUT2D eigenvalue weighted by Gasteiger charge is -2.06. The molecule has 0 bridgehead atoms. The fraction of sp³-hybridized carbons (Fsp3) is 0.211. The topological polar surface area (TPSA) is 71.4 Å². The number of hydrogen-bond donors (Lipinski definition) is 2. The zero-order valence-corrected chi connectivity index (χ0v) is 14.2. The Bertz CT molecular complexity index is 989. The van der Waals surface area contributed by atoms with Crippen molar-refractivity contribution in [2.24, 2.45) is 0 Å². The van der Waals surface area contributed by atoms with Crippen LogP contribution in [0.25, 0.3) is 22.3 Å². The standard InChI is InChI=1S/C19H19FN6/c20-16-8-6-14(7-9-16)19-15(13-22-24-19)12-21-10-3-11-26-18-5-2-1-4-17(18)23-25-26/h1-2,4-9,13,21H,3,10-12H2,(H,22,24). The van der Waals surface area contributed by atoms with Crippen molar-refractivity contribution in [2.45, 2.75) is 19.5 Å². The van der Waals surface area contributed by atoms with Gasteiger partial charge in [0.2, 0.25) is 0 Å². The fourth-order valence-electron chi connectivity index (χ4n) is 2.97. The smallest absolute Gasteiger partial charge is 0.123 e. The highest BCUT2D eigenvalue weighted by Crippen LogP contribution is 2.21. The van der Waals surface area contributed by atoms with Gasteiger partial charge in [0.1, 0.15) is 11.3 Å². The summed E-state index contributed by atoms with van der Waals surface area (Å²) in [5, 5.41) is 18.9. The van der Waals surface area contributed by atoms with Gasteiger partial charge in [0.25, 0.3) is 0 Å². The van der Waals surface area contributed by atoms with Crippen molar-refractivity contribution >= 4 is 11.0 Å². The monoisotopic (exact) mass is 350 g/mol. The number of nitrogens with one attached hydrogen (secondary N) is 2. The first kappa shape index (κ1) is 16.4. The highest BCUT2D eigenvalue weighted by atomic mass is 19.1. The number of nitrogens with zero attached hydrogens (tertiary/aromatic N) is 4. The van der Waals surface area contributed by atoms with Crippen LogP contribution in [-0.2, 0) is 13.1 Å². The Morgan fingerprint density at radius 1 is 1.08 bits per heavy atom. The first-order valence-electron chi connectivity index (χ1n) is 8.58. The zero-order chi connectivity index (χ0) is 17.8. The number of para-hydroxylation sites is 1. The first-order chi connectivity index (χ1) is 12.8. The van der Waals surface area contributed by atoms with Crippen LogP contribution in [0.3, 0.4) is 0 Å². The van der Waals surface area contributed by atoms with E-state index in [4.69, 9.17) is 0 Å². The van der Waals surface area contributed by atoms with Gasteiger partial charge in [-0.1, -0.05) is 17.3 Å². The predicted molar refractivity (Wildman–Crippen MR) is 97.8 cm³/mol. The van der Waals surface area contributed by atoms with Gasteiger partial charge in [-0.25, -0.2) is 9.07 Å². The van der Waals surface area contributed by atoms with Crippen LogP contribution in [0, 0.1) is 5.82 Å². The lowest BCUT2D eigenvalue weighted by molar-refractivity contribution is 0.541. The van der Waals surface area contributed by atoms with Gasteiger partial charge in [-0.05, 0) is 49.4 Å². The fourth-order valence-corrected chi connectivity index (χ4v) is 2.97. The molecule has 6 nitrogen and oxygen atoms in total. The minimum atomic E-state index is -0.242. The minimum Gasteiger partial charge on any atom is -0.312 e. The predicted octanol–water partition coefficient (Wildman–Crippen LogP) is 3.14. The molecule has 0 aliphatic carbocycles. The molecule has 26 heavy (non-hydrogen) atoms. The van der Waals surface area contributed by atoms with E-state index in [9.17, 15) is 4.39 Å². The molecule has 0 spiro atoms. The number of aromatic nitrogens is 5. The van der Waals surface area contributed by atoms with Crippen molar-refractivity contribution in [2.75, 3.05) is 6.54 Å².